The number of rotatable bonds is 3. The number of esters is 1. The maximum atomic E-state index is 12.0. The first-order valence-corrected chi connectivity index (χ1v) is 7.65. The third-order valence-corrected chi connectivity index (χ3v) is 4.23. The number of hydrogen-bond acceptors (Lipinski definition) is 4. The van der Waals surface area contributed by atoms with Crippen LogP contribution in [0.5, 0.6) is 0 Å². The molecule has 1 atom stereocenters. The standard InChI is InChI=1S/C17H13N3O2S/c21-16-13-9-5-4-8-12(13)14(22-16)10-20-15(18-19-17(20)23)11-6-2-1-3-7-11/h1-9,14H,10H2,(H,19,23). The van der Waals surface area contributed by atoms with Crippen LogP contribution in [0.4, 0.5) is 0 Å². The van der Waals surface area contributed by atoms with Gasteiger partial charge in [-0.1, -0.05) is 48.5 Å². The average Bonchev–Trinajstić information content (AvgIpc) is 3.11. The molecule has 3 aromatic rings. The quantitative estimate of drug-likeness (QED) is 0.592. The third kappa shape index (κ3) is 2.37. The van der Waals surface area contributed by atoms with E-state index in [9.17, 15) is 4.79 Å². The zero-order valence-corrected chi connectivity index (χ0v) is 12.9. The number of aromatic amines is 1. The maximum absolute atomic E-state index is 12.0. The van der Waals surface area contributed by atoms with Gasteiger partial charge in [-0.2, -0.15) is 5.10 Å². The second kappa shape index (κ2) is 5.48. The predicted molar refractivity (Wildman–Crippen MR) is 87.4 cm³/mol. The Hall–Kier alpha value is -2.73. The molecule has 1 aliphatic heterocycles. The van der Waals surface area contributed by atoms with Crippen LogP contribution in [0.15, 0.2) is 54.6 Å². The van der Waals surface area contributed by atoms with Crippen molar-refractivity contribution in [1.82, 2.24) is 14.8 Å². The molecule has 1 aromatic heterocycles. The molecule has 0 amide bonds. The Morgan fingerprint density at radius 3 is 2.70 bits per heavy atom. The van der Waals surface area contributed by atoms with E-state index in [0.717, 1.165) is 17.0 Å². The van der Waals surface area contributed by atoms with Crippen molar-refractivity contribution >= 4 is 18.2 Å². The van der Waals surface area contributed by atoms with Gasteiger partial charge < -0.3 is 4.74 Å². The van der Waals surface area contributed by atoms with E-state index < -0.39 is 0 Å². The summed E-state index contributed by atoms with van der Waals surface area (Å²) in [7, 11) is 0. The number of ether oxygens (including phenoxy) is 1. The number of benzene rings is 2. The smallest absolute Gasteiger partial charge is 0.339 e. The number of cyclic esters (lactones) is 1. The molecule has 4 rings (SSSR count). The lowest BCUT2D eigenvalue weighted by Gasteiger charge is -2.13. The molecule has 0 saturated heterocycles. The van der Waals surface area contributed by atoms with Crippen molar-refractivity contribution in [3.05, 3.63) is 70.5 Å². The highest BCUT2D eigenvalue weighted by Crippen LogP contribution is 2.32. The zero-order chi connectivity index (χ0) is 15.8. The lowest BCUT2D eigenvalue weighted by molar-refractivity contribution is 0.0350. The molecular formula is C17H13N3O2S. The third-order valence-electron chi connectivity index (χ3n) is 3.92. The number of carbonyl (C=O) groups is 1. The number of hydrogen-bond donors (Lipinski definition) is 1. The number of H-pyrrole nitrogens is 1. The Labute approximate surface area is 137 Å². The number of nitrogens with zero attached hydrogens (tertiary/aromatic N) is 2. The van der Waals surface area contributed by atoms with Crippen molar-refractivity contribution < 1.29 is 9.53 Å². The van der Waals surface area contributed by atoms with Crippen LogP contribution in [0.25, 0.3) is 11.4 Å². The van der Waals surface area contributed by atoms with Gasteiger partial charge in [-0.05, 0) is 18.3 Å². The Morgan fingerprint density at radius 1 is 1.13 bits per heavy atom. The first-order valence-electron chi connectivity index (χ1n) is 7.24. The lowest BCUT2D eigenvalue weighted by atomic mass is 10.1. The van der Waals surface area contributed by atoms with Crippen LogP contribution in [0.3, 0.4) is 0 Å². The van der Waals surface area contributed by atoms with Crippen molar-refractivity contribution in [2.45, 2.75) is 12.6 Å². The molecule has 2 aromatic carbocycles. The van der Waals surface area contributed by atoms with Crippen molar-refractivity contribution in [2.75, 3.05) is 0 Å². The minimum absolute atomic E-state index is 0.290. The molecule has 1 unspecified atom stereocenters. The van der Waals surface area contributed by atoms with E-state index in [1.54, 1.807) is 6.07 Å². The molecule has 0 fully saturated rings. The van der Waals surface area contributed by atoms with Crippen LogP contribution in [0.2, 0.25) is 0 Å². The van der Waals surface area contributed by atoms with E-state index in [2.05, 4.69) is 10.2 Å². The van der Waals surface area contributed by atoms with Gasteiger partial charge >= 0.3 is 5.97 Å². The molecule has 1 aliphatic rings. The van der Waals surface area contributed by atoms with Crippen LogP contribution in [-0.4, -0.2) is 20.7 Å². The fourth-order valence-electron chi connectivity index (χ4n) is 2.82. The average molecular weight is 323 g/mol. The largest absolute Gasteiger partial charge is 0.452 e. The van der Waals surface area contributed by atoms with Gasteiger partial charge in [0.1, 0.15) is 6.10 Å². The summed E-state index contributed by atoms with van der Waals surface area (Å²) in [6, 6.07) is 17.2. The summed E-state index contributed by atoms with van der Waals surface area (Å²) in [6.07, 6.45) is -0.356. The molecule has 6 heteroatoms. The van der Waals surface area contributed by atoms with Crippen LogP contribution < -0.4 is 0 Å². The van der Waals surface area contributed by atoms with E-state index in [1.165, 1.54) is 0 Å². The Bertz CT molecular complexity index is 930. The summed E-state index contributed by atoms with van der Waals surface area (Å²) in [5.41, 5.74) is 2.46. The summed E-state index contributed by atoms with van der Waals surface area (Å²) >= 11 is 5.34. The van der Waals surface area contributed by atoms with E-state index >= 15 is 0 Å². The van der Waals surface area contributed by atoms with E-state index in [0.29, 0.717) is 16.9 Å². The fourth-order valence-corrected chi connectivity index (χ4v) is 3.02. The number of nitrogens with one attached hydrogen (secondary N) is 1. The molecule has 0 radical (unpaired) electrons. The summed E-state index contributed by atoms with van der Waals surface area (Å²) < 4.78 is 7.87. The number of aromatic nitrogens is 3. The summed E-state index contributed by atoms with van der Waals surface area (Å²) in [6.45, 7) is 0.433. The molecular weight excluding hydrogens is 310 g/mol. The minimum atomic E-state index is -0.356. The van der Waals surface area contributed by atoms with Gasteiger partial charge in [0.05, 0.1) is 12.1 Å². The number of fused-ring (bicyclic) bond motifs is 1. The number of carbonyl (C=O) groups excluding carboxylic acids is 1. The van der Waals surface area contributed by atoms with Gasteiger partial charge in [-0.3, -0.25) is 9.67 Å². The minimum Gasteiger partial charge on any atom is -0.452 e. The van der Waals surface area contributed by atoms with Crippen LogP contribution >= 0.6 is 12.2 Å². The predicted octanol–water partition coefficient (Wildman–Crippen LogP) is 3.52. The molecule has 114 valence electrons. The van der Waals surface area contributed by atoms with Crippen molar-refractivity contribution in [3.63, 3.8) is 0 Å². The molecule has 1 N–H and O–H groups in total. The van der Waals surface area contributed by atoms with Gasteiger partial charge in [0, 0.05) is 11.1 Å². The van der Waals surface area contributed by atoms with Gasteiger partial charge in [0.2, 0.25) is 0 Å². The molecule has 0 spiro atoms. The zero-order valence-electron chi connectivity index (χ0n) is 12.1. The molecule has 5 nitrogen and oxygen atoms in total. The monoisotopic (exact) mass is 323 g/mol. The van der Waals surface area contributed by atoms with Crippen LogP contribution in [0.1, 0.15) is 22.0 Å². The van der Waals surface area contributed by atoms with E-state index in [4.69, 9.17) is 17.0 Å². The second-order valence-electron chi connectivity index (χ2n) is 5.31. The first-order chi connectivity index (χ1) is 11.2. The highest BCUT2D eigenvalue weighted by atomic mass is 32.1. The van der Waals surface area contributed by atoms with Gasteiger partial charge in [0.15, 0.2) is 10.6 Å². The highest BCUT2D eigenvalue weighted by Gasteiger charge is 2.31. The maximum Gasteiger partial charge on any atom is 0.339 e. The summed E-state index contributed by atoms with van der Waals surface area (Å²) in [5, 5.41) is 7.13. The molecule has 0 saturated carbocycles. The van der Waals surface area contributed by atoms with E-state index in [1.807, 2.05) is 53.1 Å². The Kier molecular flexibility index (Phi) is 3.31. The molecule has 23 heavy (non-hydrogen) atoms. The topological polar surface area (TPSA) is 59.9 Å². The SMILES string of the molecule is O=C1OC(Cn2c(-c3ccccc3)n[nH]c2=S)c2ccccc21. The highest BCUT2D eigenvalue weighted by molar-refractivity contribution is 7.71. The normalized spacial score (nSPS) is 16.2. The van der Waals surface area contributed by atoms with Crippen LogP contribution in [0, 0.1) is 4.77 Å². The van der Waals surface area contributed by atoms with Gasteiger partial charge in [0.25, 0.3) is 0 Å². The summed E-state index contributed by atoms with van der Waals surface area (Å²) in [5.74, 6) is 0.443. The molecule has 0 aliphatic carbocycles. The molecule has 2 heterocycles. The lowest BCUT2D eigenvalue weighted by Crippen LogP contribution is -2.10. The van der Waals surface area contributed by atoms with Crippen molar-refractivity contribution in [2.24, 2.45) is 0 Å². The molecule has 0 bridgehead atoms. The van der Waals surface area contributed by atoms with Gasteiger partial charge in [-0.15, -0.1) is 0 Å². The summed E-state index contributed by atoms with van der Waals surface area (Å²) in [4.78, 5) is 12.0. The Morgan fingerprint density at radius 2 is 1.87 bits per heavy atom. The van der Waals surface area contributed by atoms with Crippen molar-refractivity contribution in [1.29, 1.82) is 0 Å². The second-order valence-corrected chi connectivity index (χ2v) is 5.70. The van der Waals surface area contributed by atoms with Gasteiger partial charge in [-0.25, -0.2) is 4.79 Å². The van der Waals surface area contributed by atoms with E-state index in [-0.39, 0.29) is 12.1 Å². The van der Waals surface area contributed by atoms with Crippen molar-refractivity contribution in [3.8, 4) is 11.4 Å². The fraction of sp³-hybridized carbons (Fsp3) is 0.118. The first kappa shape index (κ1) is 13.9. The Balaban J connectivity index is 1.73. The van der Waals surface area contributed by atoms with Crippen LogP contribution in [-0.2, 0) is 11.3 Å².